The predicted molar refractivity (Wildman–Crippen MR) is 89.6 cm³/mol. The van der Waals surface area contributed by atoms with Gasteiger partial charge in [-0.2, -0.15) is 0 Å². The molecular weight excluding hydrogens is 296 g/mol. The summed E-state index contributed by atoms with van der Waals surface area (Å²) < 4.78 is 0. The summed E-state index contributed by atoms with van der Waals surface area (Å²) in [6, 6.07) is 5.19. The highest BCUT2D eigenvalue weighted by molar-refractivity contribution is 7.09. The van der Waals surface area contributed by atoms with Crippen LogP contribution in [0.5, 0.6) is 5.75 Å². The van der Waals surface area contributed by atoms with Gasteiger partial charge in [0, 0.05) is 11.3 Å². The number of carbonyl (C=O) groups is 1. The Kier molecular flexibility index (Phi) is 5.19. The van der Waals surface area contributed by atoms with Gasteiger partial charge in [-0.15, -0.1) is 11.3 Å². The molecule has 0 radical (unpaired) electrons. The van der Waals surface area contributed by atoms with E-state index < -0.39 is 0 Å². The van der Waals surface area contributed by atoms with Gasteiger partial charge in [-0.05, 0) is 23.6 Å². The monoisotopic (exact) mass is 318 g/mol. The highest BCUT2D eigenvalue weighted by atomic mass is 32.1. The first-order valence-electron chi connectivity index (χ1n) is 7.44. The summed E-state index contributed by atoms with van der Waals surface area (Å²) in [5.41, 5.74) is 2.15. The summed E-state index contributed by atoms with van der Waals surface area (Å²) in [5.74, 6) is 0.436. The molecule has 2 aromatic rings. The van der Waals surface area contributed by atoms with Crippen LogP contribution >= 0.6 is 11.3 Å². The fraction of sp³-hybridized carbons (Fsp3) is 0.412. The third-order valence-electron chi connectivity index (χ3n) is 3.43. The van der Waals surface area contributed by atoms with Crippen LogP contribution in [0.25, 0.3) is 0 Å². The second-order valence-corrected chi connectivity index (χ2v) is 6.84. The number of amides is 1. The third-order valence-corrected chi connectivity index (χ3v) is 4.62. The van der Waals surface area contributed by atoms with Crippen LogP contribution in [0, 0.1) is 0 Å². The summed E-state index contributed by atoms with van der Waals surface area (Å²) in [4.78, 5) is 16.6. The van der Waals surface area contributed by atoms with E-state index in [1.807, 2.05) is 25.3 Å². The van der Waals surface area contributed by atoms with Crippen LogP contribution in [-0.4, -0.2) is 16.0 Å². The Labute approximate surface area is 135 Å². The normalized spacial score (nSPS) is 11.2. The number of phenols is 1. The lowest BCUT2D eigenvalue weighted by Crippen LogP contribution is -2.23. The molecule has 22 heavy (non-hydrogen) atoms. The average molecular weight is 318 g/mol. The number of hydrogen-bond acceptors (Lipinski definition) is 4. The quantitative estimate of drug-likeness (QED) is 0.875. The summed E-state index contributed by atoms with van der Waals surface area (Å²) >= 11 is 1.60. The van der Waals surface area contributed by atoms with E-state index in [4.69, 9.17) is 0 Å². The second-order valence-electron chi connectivity index (χ2n) is 5.95. The van der Waals surface area contributed by atoms with Crippen molar-refractivity contribution < 1.29 is 9.90 Å². The molecule has 0 saturated heterocycles. The van der Waals surface area contributed by atoms with Gasteiger partial charge >= 0.3 is 0 Å². The molecule has 118 valence electrons. The second kappa shape index (κ2) is 6.92. The molecule has 0 fully saturated rings. The van der Waals surface area contributed by atoms with Gasteiger partial charge in [0.25, 0.3) is 5.91 Å². The van der Waals surface area contributed by atoms with E-state index >= 15 is 0 Å². The number of benzene rings is 1. The van der Waals surface area contributed by atoms with Crippen LogP contribution in [0.1, 0.15) is 66.2 Å². The molecule has 2 rings (SSSR count). The number of nitrogens with one attached hydrogen (secondary N) is 1. The number of phenolic OH excluding ortho intramolecular Hbond substituents is 1. The third kappa shape index (κ3) is 3.85. The van der Waals surface area contributed by atoms with Crippen molar-refractivity contribution in [3.05, 3.63) is 45.4 Å². The van der Waals surface area contributed by atoms with Gasteiger partial charge in [-0.1, -0.05) is 33.8 Å². The van der Waals surface area contributed by atoms with Gasteiger partial charge in [-0.3, -0.25) is 4.79 Å². The molecule has 0 spiro atoms. The van der Waals surface area contributed by atoms with Gasteiger partial charge in [0.05, 0.1) is 22.8 Å². The van der Waals surface area contributed by atoms with Crippen LogP contribution in [0.4, 0.5) is 0 Å². The number of hydrogen-bond donors (Lipinski definition) is 2. The van der Waals surface area contributed by atoms with Crippen molar-refractivity contribution in [2.75, 3.05) is 0 Å². The highest BCUT2D eigenvalue weighted by Crippen LogP contribution is 2.24. The minimum atomic E-state index is -0.285. The Morgan fingerprint density at radius 2 is 2.00 bits per heavy atom. The molecule has 1 aromatic carbocycles. The Morgan fingerprint density at radius 1 is 1.27 bits per heavy atom. The van der Waals surface area contributed by atoms with Crippen LogP contribution in [0.3, 0.4) is 0 Å². The minimum Gasteiger partial charge on any atom is -0.507 e. The number of nitrogens with zero attached hydrogens (tertiary/aromatic N) is 1. The SMILES string of the molecule is CC(C)c1ccc(C(=O)NCc2csc(C(C)C)n2)c(O)c1. The molecule has 0 aliphatic rings. The molecule has 1 heterocycles. The van der Waals surface area contributed by atoms with E-state index in [2.05, 4.69) is 24.1 Å². The van der Waals surface area contributed by atoms with Gasteiger partial charge < -0.3 is 10.4 Å². The minimum absolute atomic E-state index is 0.0184. The lowest BCUT2D eigenvalue weighted by Gasteiger charge is -2.09. The van der Waals surface area contributed by atoms with Crippen molar-refractivity contribution in [3.63, 3.8) is 0 Å². The number of aromatic hydroxyl groups is 1. The fourth-order valence-corrected chi connectivity index (χ4v) is 2.87. The smallest absolute Gasteiger partial charge is 0.255 e. The zero-order chi connectivity index (χ0) is 16.3. The lowest BCUT2D eigenvalue weighted by molar-refractivity contribution is 0.0948. The molecule has 0 atom stereocenters. The molecule has 0 aliphatic carbocycles. The van der Waals surface area contributed by atoms with Crippen LogP contribution in [-0.2, 0) is 6.54 Å². The van der Waals surface area contributed by atoms with Crippen molar-refractivity contribution in [1.29, 1.82) is 0 Å². The molecule has 1 aromatic heterocycles. The van der Waals surface area contributed by atoms with Gasteiger partial charge in [0.2, 0.25) is 0 Å². The Balaban J connectivity index is 2.02. The maximum atomic E-state index is 12.2. The van der Waals surface area contributed by atoms with Gasteiger partial charge in [0.1, 0.15) is 5.75 Å². The summed E-state index contributed by atoms with van der Waals surface area (Å²) in [6.07, 6.45) is 0. The topological polar surface area (TPSA) is 62.2 Å². The molecule has 4 nitrogen and oxygen atoms in total. The van der Waals surface area contributed by atoms with Crippen molar-refractivity contribution in [3.8, 4) is 5.75 Å². The summed E-state index contributed by atoms with van der Waals surface area (Å²) in [5, 5.41) is 15.8. The van der Waals surface area contributed by atoms with Crippen molar-refractivity contribution >= 4 is 17.2 Å². The molecular formula is C17H22N2O2S. The zero-order valence-electron chi connectivity index (χ0n) is 13.4. The highest BCUT2D eigenvalue weighted by Gasteiger charge is 2.13. The van der Waals surface area contributed by atoms with Crippen LogP contribution in [0.15, 0.2) is 23.6 Å². The number of aromatic nitrogens is 1. The predicted octanol–water partition coefficient (Wildman–Crippen LogP) is 4.03. The first kappa shape index (κ1) is 16.5. The first-order valence-corrected chi connectivity index (χ1v) is 8.31. The molecule has 0 unspecified atom stereocenters. The van der Waals surface area contributed by atoms with E-state index in [1.54, 1.807) is 23.5 Å². The van der Waals surface area contributed by atoms with Crippen molar-refractivity contribution in [2.24, 2.45) is 0 Å². The average Bonchev–Trinajstić information content (AvgIpc) is 2.93. The maximum absolute atomic E-state index is 12.2. The fourth-order valence-electron chi connectivity index (χ4n) is 2.03. The van der Waals surface area contributed by atoms with E-state index in [0.29, 0.717) is 23.9 Å². The van der Waals surface area contributed by atoms with E-state index in [-0.39, 0.29) is 11.7 Å². The van der Waals surface area contributed by atoms with Crippen molar-refractivity contribution in [2.45, 2.75) is 46.1 Å². The molecule has 1 amide bonds. The molecule has 5 heteroatoms. The van der Waals surface area contributed by atoms with Crippen LogP contribution in [0.2, 0.25) is 0 Å². The molecule has 2 N–H and O–H groups in total. The zero-order valence-corrected chi connectivity index (χ0v) is 14.2. The number of rotatable bonds is 5. The Morgan fingerprint density at radius 3 is 2.55 bits per heavy atom. The first-order chi connectivity index (χ1) is 10.4. The van der Waals surface area contributed by atoms with Gasteiger partial charge in [0.15, 0.2) is 0 Å². The van der Waals surface area contributed by atoms with E-state index in [1.165, 1.54) is 0 Å². The van der Waals surface area contributed by atoms with Crippen molar-refractivity contribution in [1.82, 2.24) is 10.3 Å². The number of thiazole rings is 1. The van der Waals surface area contributed by atoms with E-state index in [9.17, 15) is 9.90 Å². The Bertz CT molecular complexity index is 662. The Hall–Kier alpha value is -1.88. The molecule has 0 bridgehead atoms. The molecule has 0 aliphatic heterocycles. The molecule has 0 saturated carbocycles. The summed E-state index contributed by atoms with van der Waals surface area (Å²) in [6.45, 7) is 8.64. The summed E-state index contributed by atoms with van der Waals surface area (Å²) in [7, 11) is 0. The number of carbonyl (C=O) groups excluding carboxylic acids is 1. The lowest BCUT2D eigenvalue weighted by atomic mass is 10.0. The maximum Gasteiger partial charge on any atom is 0.255 e. The largest absolute Gasteiger partial charge is 0.507 e. The van der Waals surface area contributed by atoms with E-state index in [0.717, 1.165) is 16.3 Å². The standard InChI is InChI=1S/C17H22N2O2S/c1-10(2)12-5-6-14(15(20)7-12)16(21)18-8-13-9-22-17(19-13)11(3)4/h5-7,9-11,20H,8H2,1-4H3,(H,18,21). The van der Waals surface area contributed by atoms with Gasteiger partial charge in [-0.25, -0.2) is 4.98 Å². The van der Waals surface area contributed by atoms with Crippen LogP contribution < -0.4 is 5.32 Å².